The lowest BCUT2D eigenvalue weighted by molar-refractivity contribution is -0.384. The zero-order valence-corrected chi connectivity index (χ0v) is 18.5. The van der Waals surface area contributed by atoms with Crippen molar-refractivity contribution in [2.45, 2.75) is 19.2 Å². The molecule has 1 heterocycles. The Bertz CT molecular complexity index is 1180. The number of carboxylic acids is 1. The normalized spacial score (nSPS) is 12.3. The number of ether oxygens (including phenoxy) is 1. The molecule has 1 aromatic heterocycles. The number of alkyl halides is 3. The number of anilines is 2. The van der Waals surface area contributed by atoms with Crippen LogP contribution in [0, 0.1) is 10.1 Å². The highest BCUT2D eigenvalue weighted by Crippen LogP contribution is 2.41. The zero-order chi connectivity index (χ0) is 23.6. The van der Waals surface area contributed by atoms with E-state index in [1.165, 1.54) is 43.3 Å². The fourth-order valence-electron chi connectivity index (χ4n) is 2.93. The second-order valence-corrected chi connectivity index (χ2v) is 8.47. The first-order chi connectivity index (χ1) is 15.0. The van der Waals surface area contributed by atoms with Crippen LogP contribution in [0.4, 0.5) is 29.5 Å². The molecule has 32 heavy (non-hydrogen) atoms. The van der Waals surface area contributed by atoms with E-state index in [0.717, 1.165) is 17.4 Å². The van der Waals surface area contributed by atoms with Crippen molar-refractivity contribution in [3.63, 3.8) is 0 Å². The summed E-state index contributed by atoms with van der Waals surface area (Å²) < 4.78 is 46.0. The third-order valence-electron chi connectivity index (χ3n) is 4.31. The smallest absolute Gasteiger partial charge is 0.416 e. The number of aromatic carboxylic acids is 1. The second-order valence-electron chi connectivity index (χ2n) is 6.50. The Balaban J connectivity index is 1.93. The van der Waals surface area contributed by atoms with E-state index in [9.17, 15) is 33.2 Å². The third-order valence-corrected chi connectivity index (χ3v) is 5.83. The molecule has 1 atom stereocenters. The maximum absolute atomic E-state index is 13.3. The van der Waals surface area contributed by atoms with Crippen LogP contribution in [0.3, 0.4) is 0 Å². The van der Waals surface area contributed by atoms with Crippen LogP contribution in [0.5, 0.6) is 5.75 Å². The molecule has 7 nitrogen and oxygen atoms in total. The van der Waals surface area contributed by atoms with Gasteiger partial charge >= 0.3 is 12.1 Å². The van der Waals surface area contributed by atoms with Crippen molar-refractivity contribution in [1.82, 2.24) is 0 Å². The quantitative estimate of drug-likeness (QED) is 0.251. The van der Waals surface area contributed by atoms with Crippen LogP contribution in [0.25, 0.3) is 0 Å². The highest BCUT2D eigenvalue weighted by atomic mass is 79.9. The summed E-state index contributed by atoms with van der Waals surface area (Å²) >= 11 is 3.89. The van der Waals surface area contributed by atoms with Crippen molar-refractivity contribution < 1.29 is 32.7 Å². The molecule has 0 aliphatic carbocycles. The van der Waals surface area contributed by atoms with Gasteiger partial charge in [-0.3, -0.25) is 10.1 Å². The first-order valence-electron chi connectivity index (χ1n) is 8.88. The lowest BCUT2D eigenvalue weighted by Gasteiger charge is -2.19. The number of carbonyl (C=O) groups is 1. The highest BCUT2D eigenvalue weighted by Gasteiger charge is 2.35. The number of carboxylic acid groups (broad SMARTS) is 1. The molecule has 168 valence electrons. The first-order valence-corrected chi connectivity index (χ1v) is 10.5. The minimum Gasteiger partial charge on any atom is -0.484 e. The van der Waals surface area contributed by atoms with Crippen molar-refractivity contribution in [1.29, 1.82) is 0 Å². The van der Waals surface area contributed by atoms with E-state index in [-0.39, 0.29) is 32.6 Å². The zero-order valence-electron chi connectivity index (χ0n) is 16.1. The van der Waals surface area contributed by atoms with Crippen molar-refractivity contribution >= 4 is 49.6 Å². The summed E-state index contributed by atoms with van der Waals surface area (Å²) in [6.45, 7) is 1.38. The summed E-state index contributed by atoms with van der Waals surface area (Å²) in [7, 11) is 0. The summed E-state index contributed by atoms with van der Waals surface area (Å²) in [6.07, 6.45) is -5.72. The number of nitro groups is 1. The van der Waals surface area contributed by atoms with E-state index in [2.05, 4.69) is 21.2 Å². The number of hydrogen-bond acceptors (Lipinski definition) is 6. The molecule has 12 heteroatoms. The SMILES string of the molecule is C[C@@H](Oc1cc(Nc2ccc(Br)cc2[N+](=O)[O-])sc1C(=O)O)c1ccccc1C(F)(F)F. The predicted molar refractivity (Wildman–Crippen MR) is 116 cm³/mol. The van der Waals surface area contributed by atoms with Gasteiger partial charge in [0.05, 0.1) is 15.5 Å². The summed E-state index contributed by atoms with van der Waals surface area (Å²) in [5.74, 6) is -1.51. The van der Waals surface area contributed by atoms with Crippen LogP contribution in [0.1, 0.15) is 33.8 Å². The number of nitrogens with one attached hydrogen (secondary N) is 1. The fraction of sp³-hybridized carbons (Fsp3) is 0.150. The van der Waals surface area contributed by atoms with E-state index in [0.29, 0.717) is 4.47 Å². The Hall–Kier alpha value is -3.12. The van der Waals surface area contributed by atoms with Crippen molar-refractivity contribution in [2.75, 3.05) is 5.32 Å². The average molecular weight is 531 g/mol. The molecule has 0 spiro atoms. The summed E-state index contributed by atoms with van der Waals surface area (Å²) in [5, 5.41) is 23.8. The van der Waals surface area contributed by atoms with Crippen molar-refractivity contribution in [3.05, 3.63) is 79.1 Å². The van der Waals surface area contributed by atoms with Crippen molar-refractivity contribution in [2.24, 2.45) is 0 Å². The third kappa shape index (κ3) is 5.19. The Morgan fingerprint density at radius 1 is 1.25 bits per heavy atom. The molecule has 0 radical (unpaired) electrons. The minimum atomic E-state index is -4.61. The minimum absolute atomic E-state index is 0.110. The van der Waals surface area contributed by atoms with Gasteiger partial charge in [0.2, 0.25) is 0 Å². The molecule has 2 N–H and O–H groups in total. The summed E-state index contributed by atoms with van der Waals surface area (Å²) in [5.41, 5.74) is -1.18. The maximum Gasteiger partial charge on any atom is 0.416 e. The van der Waals surface area contributed by atoms with E-state index in [1.807, 2.05) is 0 Å². The van der Waals surface area contributed by atoms with Crippen LogP contribution >= 0.6 is 27.3 Å². The highest BCUT2D eigenvalue weighted by molar-refractivity contribution is 9.10. The van der Waals surface area contributed by atoms with Gasteiger partial charge in [-0.05, 0) is 25.1 Å². The Morgan fingerprint density at radius 3 is 2.56 bits per heavy atom. The van der Waals surface area contributed by atoms with Crippen LogP contribution in [0.2, 0.25) is 0 Å². The molecule has 0 aliphatic rings. The van der Waals surface area contributed by atoms with Crippen LogP contribution < -0.4 is 10.1 Å². The predicted octanol–water partition coefficient (Wildman–Crippen LogP) is 7.02. The monoisotopic (exact) mass is 530 g/mol. The van der Waals surface area contributed by atoms with E-state index in [4.69, 9.17) is 4.74 Å². The van der Waals surface area contributed by atoms with Gasteiger partial charge in [0.15, 0.2) is 4.88 Å². The van der Waals surface area contributed by atoms with Crippen molar-refractivity contribution in [3.8, 4) is 5.75 Å². The van der Waals surface area contributed by atoms with Gasteiger partial charge in [-0.15, -0.1) is 11.3 Å². The largest absolute Gasteiger partial charge is 0.484 e. The van der Waals surface area contributed by atoms with Gasteiger partial charge in [0.1, 0.15) is 17.5 Å². The number of halogens is 4. The molecule has 0 saturated heterocycles. The molecule has 0 saturated carbocycles. The molecule has 0 unspecified atom stereocenters. The second kappa shape index (κ2) is 9.17. The Kier molecular flexibility index (Phi) is 6.74. The van der Waals surface area contributed by atoms with Gasteiger partial charge < -0.3 is 15.2 Å². The van der Waals surface area contributed by atoms with E-state index in [1.54, 1.807) is 6.07 Å². The number of rotatable bonds is 7. The van der Waals surface area contributed by atoms with Gasteiger partial charge in [-0.25, -0.2) is 4.79 Å². The number of benzene rings is 2. The lowest BCUT2D eigenvalue weighted by Crippen LogP contribution is -2.14. The number of hydrogen-bond donors (Lipinski definition) is 2. The fourth-order valence-corrected chi connectivity index (χ4v) is 4.12. The standard InChI is InChI=1S/C20H14BrF3N2O5S/c1-10(12-4-2-3-5-13(12)20(22,23)24)31-16-9-17(32-18(16)19(27)28)25-14-7-6-11(21)8-15(14)26(29)30/h2-10,25H,1H3,(H,27,28)/t10-/m1/s1. The summed E-state index contributed by atoms with van der Waals surface area (Å²) in [6, 6.07) is 10.4. The van der Waals surface area contributed by atoms with Gasteiger partial charge in [0, 0.05) is 22.2 Å². The molecule has 0 amide bonds. The molecule has 3 aromatic rings. The van der Waals surface area contributed by atoms with Crippen LogP contribution in [-0.4, -0.2) is 16.0 Å². The van der Waals surface area contributed by atoms with Gasteiger partial charge in [-0.1, -0.05) is 34.1 Å². The van der Waals surface area contributed by atoms with Gasteiger partial charge in [0.25, 0.3) is 5.69 Å². The first kappa shape index (κ1) is 23.5. The van der Waals surface area contributed by atoms with E-state index < -0.39 is 28.7 Å². The Morgan fingerprint density at radius 2 is 1.94 bits per heavy atom. The Labute approximate surface area is 191 Å². The molecular weight excluding hydrogens is 517 g/mol. The van der Waals surface area contributed by atoms with Gasteiger partial charge in [-0.2, -0.15) is 13.2 Å². The van der Waals surface area contributed by atoms with E-state index >= 15 is 0 Å². The number of nitrogens with zero attached hydrogens (tertiary/aromatic N) is 1. The summed E-state index contributed by atoms with van der Waals surface area (Å²) in [4.78, 5) is 22.1. The average Bonchev–Trinajstić information content (AvgIpc) is 3.11. The number of thiophene rings is 1. The molecule has 0 fully saturated rings. The molecule has 2 aromatic carbocycles. The lowest BCUT2D eigenvalue weighted by atomic mass is 10.0. The molecular formula is C20H14BrF3N2O5S. The van der Waals surface area contributed by atoms with Crippen LogP contribution in [-0.2, 0) is 6.18 Å². The number of nitro benzene ring substituents is 1. The molecule has 3 rings (SSSR count). The molecule has 0 aliphatic heterocycles. The van der Waals surface area contributed by atoms with Crippen LogP contribution in [0.15, 0.2) is 53.0 Å². The molecule has 0 bridgehead atoms. The maximum atomic E-state index is 13.3. The topological polar surface area (TPSA) is 102 Å².